The Bertz CT molecular complexity index is 1240. The van der Waals surface area contributed by atoms with E-state index in [9.17, 15) is 45.3 Å². The van der Waals surface area contributed by atoms with E-state index in [-0.39, 0.29) is 12.3 Å². The molecule has 7 N–H and O–H groups in total. The van der Waals surface area contributed by atoms with E-state index in [1.54, 1.807) is 0 Å². The predicted octanol–water partition coefficient (Wildman–Crippen LogP) is 9.11. The molecule has 402 valence electrons. The summed E-state index contributed by atoms with van der Waals surface area (Å²) in [6, 6.07) is 0. The second-order valence-corrected chi connectivity index (χ2v) is 20.7. The second kappa shape index (κ2) is 38.2. The third-order valence-electron chi connectivity index (χ3n) is 14.5. The van der Waals surface area contributed by atoms with Crippen LogP contribution < -0.4 is 0 Å². The summed E-state index contributed by atoms with van der Waals surface area (Å²) in [5.41, 5.74) is 0. The largest absolute Gasteiger partial charge is 0.455 e. The van der Waals surface area contributed by atoms with Gasteiger partial charge in [-0.05, 0) is 31.6 Å². The number of carbonyl (C=O) groups excluding carboxylic acids is 2. The first-order valence-corrected chi connectivity index (χ1v) is 27.8. The molecule has 0 aromatic rings. The molecular weight excluding hydrogens is 873 g/mol. The number of hydrogen-bond acceptors (Lipinski definition) is 14. The van der Waals surface area contributed by atoms with Gasteiger partial charge < -0.3 is 59.4 Å². The monoisotopic (exact) mass is 975 g/mol. The minimum atomic E-state index is -1.85. The van der Waals surface area contributed by atoms with Crippen LogP contribution >= 0.6 is 0 Å². The Kier molecular flexibility index (Phi) is 35.2. The smallest absolute Gasteiger partial charge is 0.311 e. The van der Waals surface area contributed by atoms with E-state index < -0.39 is 98.6 Å². The number of esters is 2. The van der Waals surface area contributed by atoms with Gasteiger partial charge in [0.1, 0.15) is 36.6 Å². The van der Waals surface area contributed by atoms with E-state index in [2.05, 4.69) is 20.8 Å². The summed E-state index contributed by atoms with van der Waals surface area (Å²) in [5, 5.41) is 74.4. The Morgan fingerprint density at radius 2 is 0.912 bits per heavy atom. The van der Waals surface area contributed by atoms with Crippen LogP contribution in [0.3, 0.4) is 0 Å². The summed E-state index contributed by atoms with van der Waals surface area (Å²) in [6.07, 6.45) is 18.3. The van der Waals surface area contributed by atoms with Gasteiger partial charge in [-0.15, -0.1) is 0 Å². The second-order valence-electron chi connectivity index (χ2n) is 20.7. The molecule has 4 unspecified atom stereocenters. The zero-order valence-corrected chi connectivity index (χ0v) is 43.4. The summed E-state index contributed by atoms with van der Waals surface area (Å²) in [7, 11) is 0. The molecule has 0 aliphatic carbocycles. The first-order chi connectivity index (χ1) is 32.8. The molecule has 0 radical (unpaired) electrons. The van der Waals surface area contributed by atoms with Crippen LogP contribution in [-0.2, 0) is 33.3 Å². The molecule has 2 fully saturated rings. The number of aliphatic hydroxyl groups is 7. The van der Waals surface area contributed by atoms with Gasteiger partial charge in [-0.2, -0.15) is 0 Å². The van der Waals surface area contributed by atoms with Crippen molar-refractivity contribution in [1.82, 2.24) is 0 Å². The van der Waals surface area contributed by atoms with Gasteiger partial charge in [0, 0.05) is 6.42 Å². The van der Waals surface area contributed by atoms with E-state index in [4.69, 9.17) is 23.7 Å². The van der Waals surface area contributed by atoms with Crippen molar-refractivity contribution in [3.05, 3.63) is 0 Å². The van der Waals surface area contributed by atoms with Gasteiger partial charge in [0.05, 0.1) is 25.2 Å². The van der Waals surface area contributed by atoms with Crippen LogP contribution in [0.4, 0.5) is 0 Å². The van der Waals surface area contributed by atoms with Gasteiger partial charge >= 0.3 is 11.9 Å². The first-order valence-electron chi connectivity index (χ1n) is 27.8. The van der Waals surface area contributed by atoms with Crippen molar-refractivity contribution in [2.24, 2.45) is 17.8 Å². The average Bonchev–Trinajstić information content (AvgIpc) is 3.32. The van der Waals surface area contributed by atoms with Gasteiger partial charge in [0.25, 0.3) is 0 Å². The molecule has 0 amide bonds. The maximum absolute atomic E-state index is 13.8. The fourth-order valence-electron chi connectivity index (χ4n) is 9.85. The van der Waals surface area contributed by atoms with Crippen LogP contribution in [0.25, 0.3) is 0 Å². The highest BCUT2D eigenvalue weighted by molar-refractivity contribution is 5.73. The molecule has 2 aliphatic heterocycles. The Balaban J connectivity index is 1.96. The maximum atomic E-state index is 13.8. The predicted molar refractivity (Wildman–Crippen MR) is 264 cm³/mol. The van der Waals surface area contributed by atoms with Gasteiger partial charge in [0.15, 0.2) is 18.5 Å². The number of hydrogen-bond donors (Lipinski definition) is 7. The molecule has 0 saturated carbocycles. The molecule has 14 heteroatoms. The van der Waals surface area contributed by atoms with Crippen molar-refractivity contribution >= 4 is 11.9 Å². The Hall–Kier alpha value is -1.46. The molecule has 14 atom stereocenters. The zero-order chi connectivity index (χ0) is 50.1. The molecule has 0 spiro atoms. The van der Waals surface area contributed by atoms with E-state index in [0.717, 1.165) is 38.5 Å². The quantitative estimate of drug-likeness (QED) is 0.0224. The first kappa shape index (κ1) is 62.7. The highest BCUT2D eigenvalue weighted by Gasteiger charge is 2.53. The molecule has 0 bridgehead atoms. The lowest BCUT2D eigenvalue weighted by molar-refractivity contribution is -0.377. The molecule has 0 aromatic carbocycles. The van der Waals surface area contributed by atoms with Crippen molar-refractivity contribution in [3.8, 4) is 0 Å². The number of aliphatic hydroxyl groups excluding tert-OH is 7. The summed E-state index contributed by atoms with van der Waals surface area (Å²) in [4.78, 5) is 27.3. The Morgan fingerprint density at radius 1 is 0.500 bits per heavy atom. The number of unbranched alkanes of at least 4 members (excludes halogenated alkanes) is 26. The summed E-state index contributed by atoms with van der Waals surface area (Å²) < 4.78 is 29.0. The number of carbonyl (C=O) groups is 2. The number of rotatable bonds is 41. The van der Waals surface area contributed by atoms with Crippen LogP contribution in [0.5, 0.6) is 0 Å². The summed E-state index contributed by atoms with van der Waals surface area (Å²) in [5.74, 6) is -2.54. The van der Waals surface area contributed by atoms with E-state index in [1.165, 1.54) is 148 Å². The molecule has 2 rings (SSSR count). The number of ether oxygens (including phenoxy) is 5. The third kappa shape index (κ3) is 24.8. The normalized spacial score (nSPS) is 27.1. The zero-order valence-electron chi connectivity index (χ0n) is 43.4. The molecule has 2 saturated heterocycles. The molecule has 68 heavy (non-hydrogen) atoms. The fraction of sp³-hybridized carbons (Fsp3) is 0.963. The average molecular weight is 975 g/mol. The highest BCUT2D eigenvalue weighted by atomic mass is 16.8. The van der Waals surface area contributed by atoms with Crippen LogP contribution in [0.2, 0.25) is 0 Å². The topological polar surface area (TPSA) is 222 Å². The lowest BCUT2D eigenvalue weighted by Gasteiger charge is -2.46. The van der Waals surface area contributed by atoms with Crippen molar-refractivity contribution in [2.75, 3.05) is 13.2 Å². The molecular formula is C54H102O14. The molecule has 2 aliphatic rings. The van der Waals surface area contributed by atoms with Crippen molar-refractivity contribution < 1.29 is 69.0 Å². The van der Waals surface area contributed by atoms with Gasteiger partial charge in [-0.25, -0.2) is 0 Å². The van der Waals surface area contributed by atoms with Crippen molar-refractivity contribution in [2.45, 2.75) is 301 Å². The van der Waals surface area contributed by atoms with Gasteiger partial charge in [-0.3, -0.25) is 9.59 Å². The SMILES string of the molecule is CCCCCCCCCCCCCCCCCC(=O)O[C@@H]1C(OC(=O)[C@@H](C)[C@@H](O)[C@@H](C)C[C@@H](C)CCCCCCCCCCCCCCC)[C@H](O)C(CO)O[C@@H]1O[C@H]1OC(CO)[C@@H](O)C(O)[C@@H]1O. The van der Waals surface area contributed by atoms with E-state index >= 15 is 0 Å². The molecule has 14 nitrogen and oxygen atoms in total. The minimum absolute atomic E-state index is 0.00579. The van der Waals surface area contributed by atoms with Crippen molar-refractivity contribution in [1.29, 1.82) is 0 Å². The van der Waals surface area contributed by atoms with Crippen LogP contribution in [0.15, 0.2) is 0 Å². The maximum Gasteiger partial charge on any atom is 0.311 e. The van der Waals surface area contributed by atoms with Gasteiger partial charge in [0.2, 0.25) is 6.29 Å². The summed E-state index contributed by atoms with van der Waals surface area (Å²) in [6.45, 7) is 8.58. The fourth-order valence-corrected chi connectivity index (χ4v) is 9.85. The lowest BCUT2D eigenvalue weighted by atomic mass is 9.85. The van der Waals surface area contributed by atoms with Crippen LogP contribution in [0, 0.1) is 17.8 Å². The van der Waals surface area contributed by atoms with Crippen molar-refractivity contribution in [3.63, 3.8) is 0 Å². The Labute approximate surface area is 412 Å². The molecule has 0 aromatic heterocycles. The standard InChI is InChI=1S/C54H102O14/c1-6-8-10-12-14-16-18-20-21-23-25-27-29-31-33-35-44(57)66-51-50(47(60)43(38-56)65-54(51)68-53-49(62)48(61)46(59)42(37-55)64-53)67-52(63)41(5)45(58)40(4)36-39(3)34-32-30-28-26-24-22-19-17-15-13-11-9-7-2/h39-43,45-51,53-56,58-62H,6-38H2,1-5H3/t39-,40-,41-,42?,43?,45-,46+,47+,48?,49-,50?,51+,53+,54+/m0/s1. The lowest BCUT2D eigenvalue weighted by Crippen LogP contribution is -2.65. The van der Waals surface area contributed by atoms with E-state index in [1.807, 2.05) is 6.92 Å². The summed E-state index contributed by atoms with van der Waals surface area (Å²) >= 11 is 0. The highest BCUT2D eigenvalue weighted by Crippen LogP contribution is 2.33. The van der Waals surface area contributed by atoms with Gasteiger partial charge in [-0.1, -0.05) is 207 Å². The Morgan fingerprint density at radius 3 is 1.37 bits per heavy atom. The van der Waals surface area contributed by atoms with Crippen LogP contribution in [0.1, 0.15) is 234 Å². The molecule has 2 heterocycles. The third-order valence-corrected chi connectivity index (χ3v) is 14.5. The van der Waals surface area contributed by atoms with E-state index in [0.29, 0.717) is 18.8 Å². The minimum Gasteiger partial charge on any atom is -0.455 e. The van der Waals surface area contributed by atoms with Crippen LogP contribution in [-0.4, -0.2) is 128 Å².